The van der Waals surface area contributed by atoms with Gasteiger partial charge in [0.2, 0.25) is 6.41 Å². The summed E-state index contributed by atoms with van der Waals surface area (Å²) in [4.78, 5) is 53.1. The number of nitrogens with zero attached hydrogens (tertiary/aromatic N) is 2. The molecule has 29 heavy (non-hydrogen) atoms. The zero-order valence-electron chi connectivity index (χ0n) is 16.4. The van der Waals surface area contributed by atoms with Crippen LogP contribution in [-0.2, 0) is 19.1 Å². The number of rotatable bonds is 4. The van der Waals surface area contributed by atoms with E-state index < -0.39 is 35.6 Å². The second kappa shape index (κ2) is 9.68. The maximum atomic E-state index is 12.3. The molecule has 0 radical (unpaired) electrons. The first-order valence-corrected chi connectivity index (χ1v) is 9.79. The van der Waals surface area contributed by atoms with E-state index in [-0.39, 0.29) is 12.4 Å². The van der Waals surface area contributed by atoms with Gasteiger partial charge in [0, 0.05) is 23.8 Å². The summed E-state index contributed by atoms with van der Waals surface area (Å²) in [7, 11) is 0. The lowest BCUT2D eigenvalue weighted by Gasteiger charge is -2.37. The molecule has 3 N–H and O–H groups in total. The molecule has 158 valence electrons. The SMILES string of the molecule is CC(C)(C)OC(=O)N[C@@H]1CN(C=O)CC[C@@H]1NC(=O)C(=O)Nc1ccc(Br)cn1. The lowest BCUT2D eigenvalue weighted by molar-refractivity contribution is -0.137. The lowest BCUT2D eigenvalue weighted by atomic mass is 9.99. The molecule has 0 bridgehead atoms. The van der Waals surface area contributed by atoms with Gasteiger partial charge in [-0.15, -0.1) is 0 Å². The van der Waals surface area contributed by atoms with Gasteiger partial charge in [-0.3, -0.25) is 14.4 Å². The fraction of sp³-hybridized carbons (Fsp3) is 0.500. The number of hydrogen-bond donors (Lipinski definition) is 3. The molecule has 0 aromatic carbocycles. The normalized spacial score (nSPS) is 19.1. The summed E-state index contributed by atoms with van der Waals surface area (Å²) in [5.41, 5.74) is -0.695. The van der Waals surface area contributed by atoms with Crippen LogP contribution in [0.4, 0.5) is 10.6 Å². The molecule has 0 saturated carbocycles. The number of ether oxygens (including phenoxy) is 1. The number of hydrogen-bond acceptors (Lipinski definition) is 6. The van der Waals surface area contributed by atoms with E-state index in [0.717, 1.165) is 4.47 Å². The monoisotopic (exact) mass is 469 g/mol. The van der Waals surface area contributed by atoms with E-state index in [1.54, 1.807) is 32.9 Å². The molecular weight excluding hydrogens is 446 g/mol. The first kappa shape index (κ1) is 22.6. The van der Waals surface area contributed by atoms with Crippen molar-refractivity contribution in [1.82, 2.24) is 20.5 Å². The Morgan fingerprint density at radius 2 is 1.93 bits per heavy atom. The number of pyridine rings is 1. The van der Waals surface area contributed by atoms with Crippen molar-refractivity contribution in [2.24, 2.45) is 0 Å². The van der Waals surface area contributed by atoms with Crippen molar-refractivity contribution in [2.45, 2.75) is 44.9 Å². The molecule has 1 aromatic heterocycles. The second-order valence-corrected chi connectivity index (χ2v) is 8.45. The second-order valence-electron chi connectivity index (χ2n) is 7.54. The van der Waals surface area contributed by atoms with E-state index in [0.29, 0.717) is 19.4 Å². The van der Waals surface area contributed by atoms with Crippen LogP contribution in [0.25, 0.3) is 0 Å². The molecule has 0 aliphatic carbocycles. The Labute approximate surface area is 176 Å². The van der Waals surface area contributed by atoms with Crippen LogP contribution in [0.3, 0.4) is 0 Å². The molecule has 0 spiro atoms. The van der Waals surface area contributed by atoms with Crippen molar-refractivity contribution in [3.05, 3.63) is 22.8 Å². The third-order valence-electron chi connectivity index (χ3n) is 3.99. The highest BCUT2D eigenvalue weighted by molar-refractivity contribution is 9.10. The van der Waals surface area contributed by atoms with Gasteiger partial charge < -0.3 is 25.6 Å². The highest BCUT2D eigenvalue weighted by Crippen LogP contribution is 2.13. The molecular formula is C18H24BrN5O5. The quantitative estimate of drug-likeness (QED) is 0.445. The van der Waals surface area contributed by atoms with Crippen LogP contribution in [0, 0.1) is 0 Å². The van der Waals surface area contributed by atoms with Gasteiger partial charge in [0.05, 0.1) is 12.1 Å². The zero-order valence-corrected chi connectivity index (χ0v) is 18.0. The number of carbonyl (C=O) groups excluding carboxylic acids is 4. The number of amides is 4. The van der Waals surface area contributed by atoms with Gasteiger partial charge in [0.15, 0.2) is 0 Å². The topological polar surface area (TPSA) is 130 Å². The van der Waals surface area contributed by atoms with Crippen LogP contribution in [-0.4, -0.2) is 65.0 Å². The van der Waals surface area contributed by atoms with Crippen molar-refractivity contribution < 1.29 is 23.9 Å². The number of halogens is 1. The van der Waals surface area contributed by atoms with E-state index in [1.165, 1.54) is 11.1 Å². The molecule has 1 aromatic rings. The van der Waals surface area contributed by atoms with Crippen LogP contribution in [0.1, 0.15) is 27.2 Å². The van der Waals surface area contributed by atoms with E-state index in [1.807, 2.05) is 0 Å². The third-order valence-corrected chi connectivity index (χ3v) is 4.46. The number of alkyl carbamates (subject to hydrolysis) is 1. The summed E-state index contributed by atoms with van der Waals surface area (Å²) in [6.07, 6.45) is 1.87. The van der Waals surface area contributed by atoms with Crippen molar-refractivity contribution in [2.75, 3.05) is 18.4 Å². The molecule has 4 amide bonds. The Balaban J connectivity index is 1.99. The molecule has 0 unspecified atom stereocenters. The molecule has 2 heterocycles. The Bertz CT molecular complexity index is 765. The number of anilines is 1. The van der Waals surface area contributed by atoms with E-state index in [9.17, 15) is 19.2 Å². The summed E-state index contributed by atoms with van der Waals surface area (Å²) in [5.74, 6) is -1.52. The minimum Gasteiger partial charge on any atom is -0.444 e. The highest BCUT2D eigenvalue weighted by atomic mass is 79.9. The number of carbonyl (C=O) groups is 4. The molecule has 10 nitrogen and oxygen atoms in total. The predicted molar refractivity (Wildman–Crippen MR) is 108 cm³/mol. The molecule has 2 rings (SSSR count). The standard InChI is InChI=1S/C18H24BrN5O5/c1-18(2,3)29-17(28)22-13-9-24(10-25)7-6-12(13)21-15(26)16(27)23-14-5-4-11(19)8-20-14/h4-5,8,10,12-13H,6-7,9H2,1-3H3,(H,21,26)(H,22,28)(H,20,23,27)/t12-,13+/m0/s1. The number of likely N-dealkylation sites (tertiary alicyclic amines) is 1. The fourth-order valence-electron chi connectivity index (χ4n) is 2.71. The van der Waals surface area contributed by atoms with Crippen molar-refractivity contribution in [3.63, 3.8) is 0 Å². The van der Waals surface area contributed by atoms with Gasteiger partial charge in [-0.1, -0.05) is 0 Å². The van der Waals surface area contributed by atoms with Gasteiger partial charge in [0.1, 0.15) is 11.4 Å². The minimum atomic E-state index is -0.881. The van der Waals surface area contributed by atoms with Crippen molar-refractivity contribution in [3.8, 4) is 0 Å². The zero-order chi connectivity index (χ0) is 21.6. The van der Waals surface area contributed by atoms with Crippen LogP contribution in [0.2, 0.25) is 0 Å². The van der Waals surface area contributed by atoms with Crippen molar-refractivity contribution >= 4 is 46.1 Å². The smallest absolute Gasteiger partial charge is 0.408 e. The Morgan fingerprint density at radius 3 is 2.52 bits per heavy atom. The molecule has 1 aliphatic heterocycles. The summed E-state index contributed by atoms with van der Waals surface area (Å²) < 4.78 is 5.97. The minimum absolute atomic E-state index is 0.184. The molecule has 2 atom stereocenters. The van der Waals surface area contributed by atoms with Crippen LogP contribution in [0.5, 0.6) is 0 Å². The van der Waals surface area contributed by atoms with Gasteiger partial charge in [-0.05, 0) is 55.3 Å². The lowest BCUT2D eigenvalue weighted by Crippen LogP contribution is -2.61. The third kappa shape index (κ3) is 7.33. The fourth-order valence-corrected chi connectivity index (χ4v) is 2.94. The molecule has 11 heteroatoms. The highest BCUT2D eigenvalue weighted by Gasteiger charge is 2.33. The first-order chi connectivity index (χ1) is 13.6. The summed E-state index contributed by atoms with van der Waals surface area (Å²) in [6, 6.07) is 2.07. The average Bonchev–Trinajstić information content (AvgIpc) is 2.63. The summed E-state index contributed by atoms with van der Waals surface area (Å²) in [6.45, 7) is 5.75. The molecule has 1 fully saturated rings. The Morgan fingerprint density at radius 1 is 1.21 bits per heavy atom. The van der Waals surface area contributed by atoms with Crippen molar-refractivity contribution in [1.29, 1.82) is 0 Å². The number of nitrogens with one attached hydrogen (secondary N) is 3. The van der Waals surface area contributed by atoms with E-state index in [2.05, 4.69) is 36.9 Å². The molecule has 1 saturated heterocycles. The average molecular weight is 470 g/mol. The maximum Gasteiger partial charge on any atom is 0.408 e. The molecule has 1 aliphatic rings. The van der Waals surface area contributed by atoms with Crippen LogP contribution in [0.15, 0.2) is 22.8 Å². The van der Waals surface area contributed by atoms with Crippen LogP contribution >= 0.6 is 15.9 Å². The largest absolute Gasteiger partial charge is 0.444 e. The van der Waals surface area contributed by atoms with E-state index >= 15 is 0 Å². The number of aromatic nitrogens is 1. The number of piperidine rings is 1. The van der Waals surface area contributed by atoms with Gasteiger partial charge in [0.25, 0.3) is 0 Å². The Kier molecular flexibility index (Phi) is 7.54. The van der Waals surface area contributed by atoms with Crippen LogP contribution < -0.4 is 16.0 Å². The predicted octanol–water partition coefficient (Wildman–Crippen LogP) is 1.02. The summed E-state index contributed by atoms with van der Waals surface area (Å²) >= 11 is 3.23. The Hall–Kier alpha value is -2.69. The van der Waals surface area contributed by atoms with Gasteiger partial charge >= 0.3 is 17.9 Å². The van der Waals surface area contributed by atoms with Gasteiger partial charge in [-0.2, -0.15) is 0 Å². The maximum absolute atomic E-state index is 12.3. The van der Waals surface area contributed by atoms with Gasteiger partial charge in [-0.25, -0.2) is 9.78 Å². The van der Waals surface area contributed by atoms with E-state index in [4.69, 9.17) is 4.74 Å². The first-order valence-electron chi connectivity index (χ1n) is 8.99. The summed E-state index contributed by atoms with van der Waals surface area (Å²) in [5, 5.41) is 7.68.